The van der Waals surface area contributed by atoms with E-state index < -0.39 is 11.4 Å². The first-order valence-electron chi connectivity index (χ1n) is 10.2. The van der Waals surface area contributed by atoms with Crippen molar-refractivity contribution in [3.05, 3.63) is 35.4 Å². The number of hydrogen-bond acceptors (Lipinski definition) is 4. The van der Waals surface area contributed by atoms with E-state index in [1.807, 2.05) is 6.92 Å². The van der Waals surface area contributed by atoms with Gasteiger partial charge in [-0.3, -0.25) is 24.3 Å². The molecule has 0 bridgehead atoms. The predicted octanol–water partition coefficient (Wildman–Crippen LogP) is 1.91. The van der Waals surface area contributed by atoms with Crippen LogP contribution in [0.2, 0.25) is 0 Å². The van der Waals surface area contributed by atoms with Crippen LogP contribution in [-0.2, 0) is 16.0 Å². The van der Waals surface area contributed by atoms with Crippen LogP contribution in [0.1, 0.15) is 30.4 Å². The van der Waals surface area contributed by atoms with E-state index in [-0.39, 0.29) is 17.9 Å². The molecule has 29 heavy (non-hydrogen) atoms. The first-order valence-corrected chi connectivity index (χ1v) is 10.2. The molecule has 7 heteroatoms. The third kappa shape index (κ3) is 2.30. The number of aryl methyl sites for hydroxylation is 1. The minimum Gasteiger partial charge on any atom is -0.273 e. The number of hydrogen-bond donors (Lipinski definition) is 0. The van der Waals surface area contributed by atoms with Crippen molar-refractivity contribution in [1.29, 1.82) is 0 Å². The van der Waals surface area contributed by atoms with Crippen LogP contribution in [0, 0.1) is 12.3 Å². The van der Waals surface area contributed by atoms with E-state index in [1.54, 1.807) is 0 Å². The highest BCUT2D eigenvalue weighted by Crippen LogP contribution is 2.47. The number of carbonyl (C=O) groups excluding carboxylic acids is 3. The summed E-state index contributed by atoms with van der Waals surface area (Å²) < 4.78 is 0. The Kier molecular flexibility index (Phi) is 3.75. The number of carbonyl (C=O) groups is 3. The number of H-pyrrole nitrogens is 1. The summed E-state index contributed by atoms with van der Waals surface area (Å²) in [5.41, 5.74) is 1.90. The van der Waals surface area contributed by atoms with Gasteiger partial charge in [-0.25, -0.2) is 9.78 Å². The molecule has 7 nitrogen and oxygen atoms in total. The summed E-state index contributed by atoms with van der Waals surface area (Å²) in [6, 6.07) is 7.55. The standard InChI is InChI=1S/C22H24N4O3/c1-13-7-8-16-14(10-13)11-15-12-22(17-6-4-5-9-26(17)18(15)23-16)19(27)24(2)21(29)25(3)20(22)28/h7-8,10-11,17H,4-6,9,12H2,1-3H3/p+1/t17-/m1/s1. The van der Waals surface area contributed by atoms with Crippen molar-refractivity contribution < 1.29 is 19.4 Å². The number of barbiturate groups is 1. The van der Waals surface area contributed by atoms with E-state index in [9.17, 15) is 14.4 Å². The fourth-order valence-corrected chi connectivity index (χ4v) is 5.43. The number of pyridine rings is 1. The molecular formula is C22H25N4O3+. The minimum absolute atomic E-state index is 0.249. The summed E-state index contributed by atoms with van der Waals surface area (Å²) in [5, 5.41) is 1.06. The molecular weight excluding hydrogens is 368 g/mol. The summed E-state index contributed by atoms with van der Waals surface area (Å²) in [7, 11) is 2.96. The number of benzene rings is 1. The SMILES string of the molecule is Cc1ccc2[nH+]c3c(cc2c1)CC1(C(=O)N(C)C(=O)N(C)C1=O)[C@H]1CCCCN31. The molecule has 1 N–H and O–H groups in total. The maximum atomic E-state index is 13.5. The Labute approximate surface area is 169 Å². The summed E-state index contributed by atoms with van der Waals surface area (Å²) in [5.74, 6) is 0.245. The quantitative estimate of drug-likeness (QED) is 0.641. The number of fused-ring (bicyclic) bond motifs is 5. The van der Waals surface area contributed by atoms with Crippen molar-refractivity contribution in [2.45, 2.75) is 38.6 Å². The Morgan fingerprint density at radius 3 is 2.48 bits per heavy atom. The van der Waals surface area contributed by atoms with Crippen LogP contribution in [0.5, 0.6) is 0 Å². The van der Waals surface area contributed by atoms with E-state index in [4.69, 9.17) is 0 Å². The maximum Gasteiger partial charge on any atom is 0.332 e. The van der Waals surface area contributed by atoms with Crippen molar-refractivity contribution in [1.82, 2.24) is 9.80 Å². The molecule has 0 saturated carbocycles. The van der Waals surface area contributed by atoms with Gasteiger partial charge in [0.05, 0.1) is 6.54 Å². The van der Waals surface area contributed by atoms with Crippen LogP contribution in [0.3, 0.4) is 0 Å². The van der Waals surface area contributed by atoms with Gasteiger partial charge in [-0.15, -0.1) is 0 Å². The maximum absolute atomic E-state index is 13.5. The molecule has 2 saturated heterocycles. The lowest BCUT2D eigenvalue weighted by atomic mass is 9.66. The fraction of sp³-hybridized carbons (Fsp3) is 0.455. The van der Waals surface area contributed by atoms with Crippen molar-refractivity contribution in [2.24, 2.45) is 5.41 Å². The van der Waals surface area contributed by atoms with Crippen molar-refractivity contribution >= 4 is 34.6 Å². The zero-order valence-corrected chi connectivity index (χ0v) is 17.0. The monoisotopic (exact) mass is 393 g/mol. The van der Waals surface area contributed by atoms with Gasteiger partial charge in [-0.2, -0.15) is 0 Å². The lowest BCUT2D eigenvalue weighted by Crippen LogP contribution is -2.72. The summed E-state index contributed by atoms with van der Waals surface area (Å²) in [6.45, 7) is 2.83. The van der Waals surface area contributed by atoms with E-state index in [2.05, 4.69) is 34.1 Å². The summed E-state index contributed by atoms with van der Waals surface area (Å²) >= 11 is 0. The summed E-state index contributed by atoms with van der Waals surface area (Å²) in [6.07, 6.45) is 3.04. The lowest BCUT2D eigenvalue weighted by Gasteiger charge is -2.50. The Balaban J connectivity index is 1.74. The van der Waals surface area contributed by atoms with Gasteiger partial charge in [0.15, 0.2) is 5.41 Å². The molecule has 1 aromatic heterocycles. The Morgan fingerprint density at radius 1 is 1.03 bits per heavy atom. The molecule has 150 valence electrons. The van der Waals surface area contributed by atoms with E-state index in [0.717, 1.165) is 63.5 Å². The average Bonchev–Trinajstić information content (AvgIpc) is 2.73. The third-order valence-corrected chi connectivity index (χ3v) is 6.87. The second-order valence-corrected chi connectivity index (χ2v) is 8.60. The molecule has 0 aliphatic carbocycles. The van der Waals surface area contributed by atoms with Gasteiger partial charge < -0.3 is 0 Å². The van der Waals surface area contributed by atoms with E-state index >= 15 is 0 Å². The van der Waals surface area contributed by atoms with E-state index in [0.29, 0.717) is 6.42 Å². The molecule has 3 aliphatic heterocycles. The van der Waals surface area contributed by atoms with Crippen LogP contribution in [0.25, 0.3) is 10.9 Å². The predicted molar refractivity (Wildman–Crippen MR) is 107 cm³/mol. The zero-order valence-electron chi connectivity index (χ0n) is 17.0. The number of nitrogens with one attached hydrogen (secondary N) is 1. The molecule has 1 spiro atoms. The number of amides is 4. The van der Waals surface area contributed by atoms with Gasteiger partial charge in [-0.05, 0) is 44.4 Å². The zero-order chi connectivity index (χ0) is 20.5. The average molecular weight is 393 g/mol. The molecule has 1 atom stereocenters. The van der Waals surface area contributed by atoms with Gasteiger partial charge in [-0.1, -0.05) is 11.6 Å². The van der Waals surface area contributed by atoms with E-state index in [1.165, 1.54) is 14.1 Å². The van der Waals surface area contributed by atoms with Crippen LogP contribution in [0.4, 0.5) is 10.6 Å². The molecule has 5 rings (SSSR count). The van der Waals surface area contributed by atoms with Crippen molar-refractivity contribution in [3.63, 3.8) is 0 Å². The summed E-state index contributed by atoms with van der Waals surface area (Å²) in [4.78, 5) is 47.3. The normalized spacial score (nSPS) is 23.6. The molecule has 2 fully saturated rings. The van der Waals surface area contributed by atoms with Crippen LogP contribution >= 0.6 is 0 Å². The molecule has 4 heterocycles. The van der Waals surface area contributed by atoms with Gasteiger partial charge >= 0.3 is 6.03 Å². The van der Waals surface area contributed by atoms with Crippen LogP contribution in [0.15, 0.2) is 24.3 Å². The number of piperidine rings is 1. The first kappa shape index (κ1) is 18.1. The van der Waals surface area contributed by atoms with Crippen LogP contribution < -0.4 is 9.88 Å². The Bertz CT molecular complexity index is 1060. The number of urea groups is 1. The van der Waals surface area contributed by atoms with Crippen molar-refractivity contribution in [2.75, 3.05) is 25.5 Å². The van der Waals surface area contributed by atoms with Crippen LogP contribution in [-0.4, -0.2) is 54.3 Å². The third-order valence-electron chi connectivity index (χ3n) is 6.87. The lowest BCUT2D eigenvalue weighted by molar-refractivity contribution is -0.333. The minimum atomic E-state index is -1.25. The fourth-order valence-electron chi connectivity index (χ4n) is 5.43. The number of aromatic amines is 1. The number of rotatable bonds is 0. The number of nitrogens with zero attached hydrogens (tertiary/aromatic N) is 3. The first-order chi connectivity index (χ1) is 13.8. The highest BCUT2D eigenvalue weighted by Gasteiger charge is 2.66. The highest BCUT2D eigenvalue weighted by atomic mass is 16.2. The van der Waals surface area contributed by atoms with Gasteiger partial charge in [0, 0.05) is 31.5 Å². The second kappa shape index (κ2) is 6.02. The number of imide groups is 2. The molecule has 0 unspecified atom stereocenters. The largest absolute Gasteiger partial charge is 0.332 e. The number of aromatic nitrogens is 1. The van der Waals surface area contributed by atoms with Gasteiger partial charge in [0.2, 0.25) is 0 Å². The second-order valence-electron chi connectivity index (χ2n) is 8.60. The van der Waals surface area contributed by atoms with Gasteiger partial charge in [0.1, 0.15) is 11.6 Å². The molecule has 4 amide bonds. The molecule has 2 aromatic rings. The Hall–Kier alpha value is -2.96. The highest BCUT2D eigenvalue weighted by molar-refractivity contribution is 6.20. The van der Waals surface area contributed by atoms with Crippen molar-refractivity contribution in [3.8, 4) is 0 Å². The Morgan fingerprint density at radius 2 is 1.76 bits per heavy atom. The molecule has 0 radical (unpaired) electrons. The van der Waals surface area contributed by atoms with Gasteiger partial charge in [0.25, 0.3) is 17.6 Å². The topological polar surface area (TPSA) is 75.1 Å². The smallest absolute Gasteiger partial charge is 0.273 e. The number of anilines is 1. The molecule has 3 aliphatic rings. The molecule has 1 aromatic carbocycles.